The lowest BCUT2D eigenvalue weighted by Crippen LogP contribution is -2.37. The number of sulfonamides is 1. The van der Waals surface area contributed by atoms with Crippen LogP contribution in [0.15, 0.2) is 59.5 Å². The van der Waals surface area contributed by atoms with E-state index in [-0.39, 0.29) is 22.8 Å². The molecule has 25 heavy (non-hydrogen) atoms. The molecule has 0 heterocycles. The number of nitrogens with one attached hydrogen (secondary N) is 1. The van der Waals surface area contributed by atoms with Crippen molar-refractivity contribution in [3.8, 4) is 0 Å². The molecule has 0 fully saturated rings. The van der Waals surface area contributed by atoms with E-state index < -0.39 is 10.0 Å². The maximum Gasteiger partial charge on any atom is 0.264 e. The highest BCUT2D eigenvalue weighted by atomic mass is 32.2. The maximum absolute atomic E-state index is 12.8. The van der Waals surface area contributed by atoms with Crippen molar-refractivity contribution < 1.29 is 13.2 Å². The minimum atomic E-state index is -3.74. The fraction of sp³-hybridized carbons (Fsp3) is 0.316. The van der Waals surface area contributed by atoms with E-state index in [1.165, 1.54) is 19.2 Å². The van der Waals surface area contributed by atoms with E-state index in [1.54, 1.807) is 42.5 Å². The molecule has 6 heteroatoms. The third-order valence-electron chi connectivity index (χ3n) is 4.25. The number of benzene rings is 2. The maximum atomic E-state index is 12.8. The summed E-state index contributed by atoms with van der Waals surface area (Å²) in [5.41, 5.74) is 0.678. The van der Waals surface area contributed by atoms with Crippen LogP contribution < -0.4 is 9.62 Å². The van der Waals surface area contributed by atoms with E-state index in [9.17, 15) is 13.2 Å². The number of nitrogens with zero attached hydrogens (tertiary/aromatic N) is 1. The van der Waals surface area contributed by atoms with Gasteiger partial charge in [-0.3, -0.25) is 9.10 Å². The van der Waals surface area contributed by atoms with Crippen molar-refractivity contribution in [1.82, 2.24) is 5.32 Å². The first kappa shape index (κ1) is 19.0. The van der Waals surface area contributed by atoms with Crippen molar-refractivity contribution in [2.75, 3.05) is 11.4 Å². The second kappa shape index (κ2) is 7.70. The molecule has 0 radical (unpaired) electrons. The summed E-state index contributed by atoms with van der Waals surface area (Å²) in [6, 6.07) is 14.9. The van der Waals surface area contributed by atoms with Gasteiger partial charge in [-0.1, -0.05) is 44.2 Å². The van der Waals surface area contributed by atoms with Crippen LogP contribution in [0.4, 0.5) is 5.69 Å². The summed E-state index contributed by atoms with van der Waals surface area (Å²) in [5.74, 6) is -0.00574. The first-order valence-corrected chi connectivity index (χ1v) is 9.63. The third-order valence-corrected chi connectivity index (χ3v) is 6.03. The van der Waals surface area contributed by atoms with Gasteiger partial charge in [0.2, 0.25) is 0 Å². The minimum Gasteiger partial charge on any atom is -0.349 e. The van der Waals surface area contributed by atoms with Gasteiger partial charge in [-0.05, 0) is 37.1 Å². The lowest BCUT2D eigenvalue weighted by atomic mass is 10.1. The molecule has 1 atom stereocenters. The van der Waals surface area contributed by atoms with Gasteiger partial charge in [-0.2, -0.15) is 0 Å². The number of rotatable bonds is 6. The smallest absolute Gasteiger partial charge is 0.264 e. The molecule has 0 bridgehead atoms. The lowest BCUT2D eigenvalue weighted by Gasteiger charge is -2.23. The monoisotopic (exact) mass is 360 g/mol. The lowest BCUT2D eigenvalue weighted by molar-refractivity contribution is 0.0931. The van der Waals surface area contributed by atoms with Gasteiger partial charge in [0.25, 0.3) is 15.9 Å². The van der Waals surface area contributed by atoms with Crippen LogP contribution in [0.25, 0.3) is 0 Å². The van der Waals surface area contributed by atoms with Crippen molar-refractivity contribution in [3.63, 3.8) is 0 Å². The summed E-state index contributed by atoms with van der Waals surface area (Å²) < 4.78 is 26.8. The molecule has 134 valence electrons. The zero-order valence-corrected chi connectivity index (χ0v) is 15.7. The normalized spacial score (nSPS) is 12.7. The van der Waals surface area contributed by atoms with Crippen LogP contribution in [0.2, 0.25) is 0 Å². The van der Waals surface area contributed by atoms with Crippen LogP contribution in [0, 0.1) is 5.92 Å². The van der Waals surface area contributed by atoms with Crippen LogP contribution in [-0.2, 0) is 10.0 Å². The molecule has 0 saturated carbocycles. The van der Waals surface area contributed by atoms with Crippen LogP contribution >= 0.6 is 0 Å². The first-order chi connectivity index (χ1) is 11.7. The van der Waals surface area contributed by atoms with Crippen molar-refractivity contribution in [3.05, 3.63) is 60.2 Å². The zero-order valence-electron chi connectivity index (χ0n) is 14.9. The van der Waals surface area contributed by atoms with Crippen LogP contribution in [0.3, 0.4) is 0 Å². The number of hydrogen-bond donors (Lipinski definition) is 1. The Labute approximate surface area is 149 Å². The topological polar surface area (TPSA) is 66.5 Å². The van der Waals surface area contributed by atoms with Crippen LogP contribution in [-0.4, -0.2) is 27.4 Å². The fourth-order valence-electron chi connectivity index (χ4n) is 2.27. The number of para-hydroxylation sites is 1. The Hall–Kier alpha value is -2.34. The largest absolute Gasteiger partial charge is 0.349 e. The number of anilines is 1. The quantitative estimate of drug-likeness (QED) is 0.860. The SMILES string of the molecule is CC(C)C(C)NC(=O)c1ccccc1N(C)S(=O)(=O)c1ccccc1. The predicted octanol–water partition coefficient (Wildman–Crippen LogP) is 3.29. The molecular weight excluding hydrogens is 336 g/mol. The number of amides is 1. The Morgan fingerprint density at radius 2 is 1.52 bits per heavy atom. The summed E-state index contributed by atoms with van der Waals surface area (Å²) >= 11 is 0. The molecule has 1 amide bonds. The first-order valence-electron chi connectivity index (χ1n) is 8.19. The molecule has 0 saturated heterocycles. The molecule has 0 aromatic heterocycles. The molecule has 0 aliphatic rings. The average Bonchev–Trinajstić information content (AvgIpc) is 2.61. The van der Waals surface area contributed by atoms with E-state index >= 15 is 0 Å². The third kappa shape index (κ3) is 4.20. The molecule has 0 spiro atoms. The standard InChI is InChI=1S/C19H24N2O3S/c1-14(2)15(3)20-19(22)17-12-8-9-13-18(17)21(4)25(23,24)16-10-6-5-7-11-16/h5-15H,1-4H3,(H,20,22). The van der Waals surface area contributed by atoms with Crippen molar-refractivity contribution >= 4 is 21.6 Å². The highest BCUT2D eigenvalue weighted by Crippen LogP contribution is 2.25. The van der Waals surface area contributed by atoms with Gasteiger partial charge < -0.3 is 5.32 Å². The van der Waals surface area contributed by atoms with Crippen molar-refractivity contribution in [1.29, 1.82) is 0 Å². The molecule has 1 N–H and O–H groups in total. The second-order valence-electron chi connectivity index (χ2n) is 6.31. The Morgan fingerprint density at radius 1 is 0.960 bits per heavy atom. The molecule has 0 aliphatic carbocycles. The van der Waals surface area contributed by atoms with Gasteiger partial charge in [0, 0.05) is 13.1 Å². The van der Waals surface area contributed by atoms with E-state index in [2.05, 4.69) is 5.32 Å². The highest BCUT2D eigenvalue weighted by Gasteiger charge is 2.25. The fourth-order valence-corrected chi connectivity index (χ4v) is 3.51. The van der Waals surface area contributed by atoms with Gasteiger partial charge in [-0.25, -0.2) is 8.42 Å². The van der Waals surface area contributed by atoms with E-state index in [1.807, 2.05) is 20.8 Å². The zero-order chi connectivity index (χ0) is 18.6. The van der Waals surface area contributed by atoms with E-state index in [4.69, 9.17) is 0 Å². The number of carbonyl (C=O) groups excluding carboxylic acids is 1. The minimum absolute atomic E-state index is 0.0170. The van der Waals surface area contributed by atoms with Gasteiger partial charge >= 0.3 is 0 Å². The summed E-state index contributed by atoms with van der Waals surface area (Å²) in [5, 5.41) is 2.92. The van der Waals surface area contributed by atoms with Gasteiger partial charge in [0.05, 0.1) is 16.1 Å². The van der Waals surface area contributed by atoms with Crippen LogP contribution in [0.1, 0.15) is 31.1 Å². The average molecular weight is 360 g/mol. The van der Waals surface area contributed by atoms with Crippen molar-refractivity contribution in [2.24, 2.45) is 5.92 Å². The molecular formula is C19H24N2O3S. The predicted molar refractivity (Wildman–Crippen MR) is 100 cm³/mol. The Balaban J connectivity index is 2.39. The van der Waals surface area contributed by atoms with Gasteiger partial charge in [-0.15, -0.1) is 0 Å². The summed E-state index contributed by atoms with van der Waals surface area (Å²) in [4.78, 5) is 12.8. The molecule has 2 aromatic rings. The Bertz CT molecular complexity index is 833. The summed E-state index contributed by atoms with van der Waals surface area (Å²) in [7, 11) is -2.28. The Kier molecular flexibility index (Phi) is 5.85. The molecule has 0 aliphatic heterocycles. The van der Waals surface area contributed by atoms with Crippen molar-refractivity contribution in [2.45, 2.75) is 31.7 Å². The van der Waals surface area contributed by atoms with Gasteiger partial charge in [0.15, 0.2) is 0 Å². The molecule has 2 aromatic carbocycles. The van der Waals surface area contributed by atoms with E-state index in [0.717, 1.165) is 4.31 Å². The second-order valence-corrected chi connectivity index (χ2v) is 8.28. The Morgan fingerprint density at radius 3 is 2.12 bits per heavy atom. The summed E-state index contributed by atoms with van der Waals surface area (Å²) in [6.45, 7) is 5.96. The van der Waals surface area contributed by atoms with E-state index in [0.29, 0.717) is 11.3 Å². The molecule has 2 rings (SSSR count). The van der Waals surface area contributed by atoms with Gasteiger partial charge in [0.1, 0.15) is 0 Å². The molecule has 5 nitrogen and oxygen atoms in total. The number of carbonyl (C=O) groups is 1. The summed E-state index contributed by atoms with van der Waals surface area (Å²) in [6.07, 6.45) is 0. The number of hydrogen-bond acceptors (Lipinski definition) is 3. The molecule has 1 unspecified atom stereocenters. The highest BCUT2D eigenvalue weighted by molar-refractivity contribution is 7.92. The van der Waals surface area contributed by atoms with Crippen LogP contribution in [0.5, 0.6) is 0 Å².